The van der Waals surface area contributed by atoms with Crippen LogP contribution in [0.5, 0.6) is 0 Å². The Kier molecular flexibility index (Phi) is 4.18. The molecule has 0 aliphatic carbocycles. The lowest BCUT2D eigenvalue weighted by molar-refractivity contribution is 0.102. The molecule has 3 atom stereocenters. The normalized spacial score (nSPS) is 28.3. The number of anilines is 1. The number of halogens is 1. The maximum Gasteiger partial charge on any atom is 0.130 e. The SMILES string of the molecule is C[C@H](N)c1c(F)cccc1N1CCC2C(CCCN2C)C1. The third-order valence-electron chi connectivity index (χ3n) is 5.17. The summed E-state index contributed by atoms with van der Waals surface area (Å²) >= 11 is 0. The Balaban J connectivity index is 1.84. The van der Waals surface area contributed by atoms with E-state index in [0.29, 0.717) is 17.5 Å². The molecular formula is C17H26FN3. The van der Waals surface area contributed by atoms with Crippen LogP contribution < -0.4 is 10.6 Å². The van der Waals surface area contributed by atoms with Gasteiger partial charge in [-0.3, -0.25) is 0 Å². The van der Waals surface area contributed by atoms with E-state index < -0.39 is 0 Å². The molecule has 21 heavy (non-hydrogen) atoms. The van der Waals surface area contributed by atoms with Crippen molar-refractivity contribution in [1.82, 2.24) is 4.90 Å². The third-order valence-corrected chi connectivity index (χ3v) is 5.17. The number of hydrogen-bond donors (Lipinski definition) is 1. The smallest absolute Gasteiger partial charge is 0.130 e. The first-order valence-electron chi connectivity index (χ1n) is 8.07. The van der Waals surface area contributed by atoms with Gasteiger partial charge in [-0.15, -0.1) is 0 Å². The van der Waals surface area contributed by atoms with E-state index in [-0.39, 0.29) is 11.9 Å². The van der Waals surface area contributed by atoms with Crippen LogP contribution in [0.15, 0.2) is 18.2 Å². The zero-order valence-electron chi connectivity index (χ0n) is 13.1. The Bertz CT molecular complexity index is 503. The highest BCUT2D eigenvalue weighted by atomic mass is 19.1. The average Bonchev–Trinajstić information content (AvgIpc) is 2.46. The van der Waals surface area contributed by atoms with Crippen LogP contribution >= 0.6 is 0 Å². The summed E-state index contributed by atoms with van der Waals surface area (Å²) in [4.78, 5) is 4.85. The fourth-order valence-corrected chi connectivity index (χ4v) is 4.12. The van der Waals surface area contributed by atoms with Crippen molar-refractivity contribution < 1.29 is 4.39 Å². The lowest BCUT2D eigenvalue weighted by Gasteiger charge is -2.47. The van der Waals surface area contributed by atoms with E-state index in [1.807, 2.05) is 13.0 Å². The summed E-state index contributed by atoms with van der Waals surface area (Å²) in [6.45, 7) is 5.10. The molecule has 4 heteroatoms. The molecule has 2 unspecified atom stereocenters. The molecule has 0 saturated carbocycles. The highest BCUT2D eigenvalue weighted by Crippen LogP contribution is 2.35. The van der Waals surface area contributed by atoms with E-state index in [1.165, 1.54) is 25.5 Å². The van der Waals surface area contributed by atoms with Crippen LogP contribution in [-0.2, 0) is 0 Å². The first-order valence-corrected chi connectivity index (χ1v) is 8.07. The summed E-state index contributed by atoms with van der Waals surface area (Å²) in [7, 11) is 2.24. The first-order chi connectivity index (χ1) is 10.1. The second-order valence-corrected chi connectivity index (χ2v) is 6.65. The van der Waals surface area contributed by atoms with Crippen molar-refractivity contribution in [2.45, 2.75) is 38.3 Å². The fourth-order valence-electron chi connectivity index (χ4n) is 4.12. The lowest BCUT2D eigenvalue weighted by Crippen LogP contribution is -2.53. The maximum atomic E-state index is 14.1. The summed E-state index contributed by atoms with van der Waals surface area (Å²) in [5, 5.41) is 0. The largest absolute Gasteiger partial charge is 0.371 e. The monoisotopic (exact) mass is 291 g/mol. The highest BCUT2D eigenvalue weighted by Gasteiger charge is 2.35. The molecule has 1 aromatic rings. The van der Waals surface area contributed by atoms with Crippen molar-refractivity contribution in [2.24, 2.45) is 11.7 Å². The van der Waals surface area contributed by atoms with E-state index in [2.05, 4.69) is 16.8 Å². The van der Waals surface area contributed by atoms with Crippen LogP contribution in [0.2, 0.25) is 0 Å². The van der Waals surface area contributed by atoms with Gasteiger partial charge in [-0.05, 0) is 57.8 Å². The number of piperidine rings is 2. The summed E-state index contributed by atoms with van der Waals surface area (Å²) in [6.07, 6.45) is 3.72. The van der Waals surface area contributed by atoms with Crippen LogP contribution in [0.1, 0.15) is 37.8 Å². The van der Waals surface area contributed by atoms with Gasteiger partial charge >= 0.3 is 0 Å². The second kappa shape index (κ2) is 5.93. The highest BCUT2D eigenvalue weighted by molar-refractivity contribution is 5.56. The third kappa shape index (κ3) is 2.79. The Morgan fingerprint density at radius 2 is 2.10 bits per heavy atom. The van der Waals surface area contributed by atoms with Crippen molar-refractivity contribution in [2.75, 3.05) is 31.6 Å². The van der Waals surface area contributed by atoms with Gasteiger partial charge in [0.2, 0.25) is 0 Å². The molecule has 2 aliphatic heterocycles. The zero-order valence-corrected chi connectivity index (χ0v) is 13.1. The molecule has 0 amide bonds. The van der Waals surface area contributed by atoms with E-state index >= 15 is 0 Å². The zero-order chi connectivity index (χ0) is 15.0. The predicted molar refractivity (Wildman–Crippen MR) is 85.0 cm³/mol. The number of fused-ring (bicyclic) bond motifs is 1. The van der Waals surface area contributed by atoms with Gasteiger partial charge in [0.1, 0.15) is 5.82 Å². The van der Waals surface area contributed by atoms with Crippen molar-refractivity contribution >= 4 is 5.69 Å². The minimum atomic E-state index is -0.270. The molecule has 3 rings (SSSR count). The Labute approximate surface area is 126 Å². The molecule has 116 valence electrons. The van der Waals surface area contributed by atoms with Gasteiger partial charge in [0.25, 0.3) is 0 Å². The number of nitrogens with two attached hydrogens (primary N) is 1. The van der Waals surface area contributed by atoms with Crippen LogP contribution in [0, 0.1) is 11.7 Å². The molecule has 0 radical (unpaired) electrons. The fraction of sp³-hybridized carbons (Fsp3) is 0.647. The van der Waals surface area contributed by atoms with E-state index in [9.17, 15) is 4.39 Å². The standard InChI is InChI=1S/C17H26FN3/c1-12(19)17-14(18)6-3-7-16(17)21-10-8-15-13(11-21)5-4-9-20(15)2/h3,6-7,12-13,15H,4-5,8-11,19H2,1-2H3/t12-,13?,15?/m0/s1. The molecule has 2 fully saturated rings. The van der Waals surface area contributed by atoms with Crippen LogP contribution in [-0.4, -0.2) is 37.6 Å². The van der Waals surface area contributed by atoms with Crippen molar-refractivity contribution in [1.29, 1.82) is 0 Å². The van der Waals surface area contributed by atoms with E-state index in [1.54, 1.807) is 6.07 Å². The van der Waals surface area contributed by atoms with Crippen LogP contribution in [0.4, 0.5) is 10.1 Å². The molecule has 2 aliphatic rings. The first kappa shape index (κ1) is 14.8. The second-order valence-electron chi connectivity index (χ2n) is 6.65. The Hall–Kier alpha value is -1.13. The van der Waals surface area contributed by atoms with Crippen LogP contribution in [0.25, 0.3) is 0 Å². The molecule has 0 aromatic heterocycles. The average molecular weight is 291 g/mol. The number of rotatable bonds is 2. The van der Waals surface area contributed by atoms with Gasteiger partial charge in [0.15, 0.2) is 0 Å². The van der Waals surface area contributed by atoms with Crippen molar-refractivity contribution in [3.8, 4) is 0 Å². The molecule has 2 saturated heterocycles. The Morgan fingerprint density at radius 3 is 2.86 bits per heavy atom. The molecule has 0 spiro atoms. The van der Waals surface area contributed by atoms with Gasteiger partial charge in [-0.1, -0.05) is 6.07 Å². The number of likely N-dealkylation sites (tertiary alicyclic amines) is 1. The molecular weight excluding hydrogens is 265 g/mol. The summed E-state index contributed by atoms with van der Waals surface area (Å²) in [5.41, 5.74) is 7.66. The van der Waals surface area contributed by atoms with Gasteiger partial charge in [0, 0.05) is 36.4 Å². The van der Waals surface area contributed by atoms with Gasteiger partial charge in [-0.2, -0.15) is 0 Å². The minimum absolute atomic E-state index is 0.176. The summed E-state index contributed by atoms with van der Waals surface area (Å²) in [5.74, 6) is 0.520. The van der Waals surface area contributed by atoms with Crippen molar-refractivity contribution in [3.63, 3.8) is 0 Å². The molecule has 2 N–H and O–H groups in total. The van der Waals surface area contributed by atoms with Gasteiger partial charge < -0.3 is 15.5 Å². The van der Waals surface area contributed by atoms with Crippen LogP contribution in [0.3, 0.4) is 0 Å². The summed E-state index contributed by atoms with van der Waals surface area (Å²) in [6, 6.07) is 5.77. The number of benzene rings is 1. The number of hydrogen-bond acceptors (Lipinski definition) is 3. The molecule has 0 bridgehead atoms. The maximum absolute atomic E-state index is 14.1. The van der Waals surface area contributed by atoms with E-state index in [0.717, 1.165) is 25.2 Å². The van der Waals surface area contributed by atoms with Gasteiger partial charge in [0.05, 0.1) is 0 Å². The lowest BCUT2D eigenvalue weighted by atomic mass is 9.83. The Morgan fingerprint density at radius 1 is 1.29 bits per heavy atom. The van der Waals surface area contributed by atoms with E-state index in [4.69, 9.17) is 5.73 Å². The summed E-state index contributed by atoms with van der Waals surface area (Å²) < 4.78 is 14.1. The molecule has 1 aromatic carbocycles. The topological polar surface area (TPSA) is 32.5 Å². The predicted octanol–water partition coefficient (Wildman–Crippen LogP) is 2.77. The molecule has 3 nitrogen and oxygen atoms in total. The number of nitrogens with zero attached hydrogens (tertiary/aromatic N) is 2. The quantitative estimate of drug-likeness (QED) is 0.909. The van der Waals surface area contributed by atoms with Gasteiger partial charge in [-0.25, -0.2) is 4.39 Å². The molecule has 2 heterocycles. The van der Waals surface area contributed by atoms with Crippen molar-refractivity contribution in [3.05, 3.63) is 29.6 Å². The minimum Gasteiger partial charge on any atom is -0.371 e.